The van der Waals surface area contributed by atoms with Crippen molar-refractivity contribution in [2.75, 3.05) is 23.9 Å². The number of hydrogen-bond acceptors (Lipinski definition) is 8. The number of carbonyl (C=O) groups is 1. The van der Waals surface area contributed by atoms with Gasteiger partial charge in [-0.3, -0.25) is 5.10 Å². The Morgan fingerprint density at radius 3 is 2.66 bits per heavy atom. The molecule has 1 amide bonds. The number of anilines is 2. The van der Waals surface area contributed by atoms with Crippen molar-refractivity contribution in [3.63, 3.8) is 0 Å². The molecule has 2 atom stereocenters. The van der Waals surface area contributed by atoms with E-state index in [0.717, 1.165) is 39.8 Å². The Hall–Kier alpha value is -4.41. The smallest absolute Gasteiger partial charge is 0.405 e. The van der Waals surface area contributed by atoms with Crippen LogP contribution in [-0.2, 0) is 6.54 Å². The van der Waals surface area contributed by atoms with E-state index >= 15 is 0 Å². The van der Waals surface area contributed by atoms with Crippen LogP contribution in [0.1, 0.15) is 51.7 Å². The molecule has 1 fully saturated rings. The van der Waals surface area contributed by atoms with Crippen LogP contribution >= 0.6 is 0 Å². The highest BCUT2D eigenvalue weighted by Gasteiger charge is 2.43. The first-order valence-electron chi connectivity index (χ1n) is 13.8. The zero-order chi connectivity index (χ0) is 29.4. The lowest BCUT2D eigenvalue weighted by Gasteiger charge is -2.50. The van der Waals surface area contributed by atoms with Gasteiger partial charge in [-0.05, 0) is 55.9 Å². The van der Waals surface area contributed by atoms with Crippen molar-refractivity contribution in [3.8, 4) is 17.0 Å². The predicted octanol–water partition coefficient (Wildman–Crippen LogP) is 5.39. The highest BCUT2D eigenvalue weighted by Crippen LogP contribution is 2.39. The van der Waals surface area contributed by atoms with Gasteiger partial charge in [0, 0.05) is 42.0 Å². The van der Waals surface area contributed by atoms with E-state index in [-0.39, 0.29) is 11.5 Å². The van der Waals surface area contributed by atoms with Gasteiger partial charge in [-0.15, -0.1) is 0 Å². The number of nitrogens with zero attached hydrogens (tertiary/aromatic N) is 5. The van der Waals surface area contributed by atoms with Crippen LogP contribution in [-0.4, -0.2) is 61.6 Å². The molecule has 0 radical (unpaired) electrons. The molecule has 1 aromatic carbocycles. The Balaban J connectivity index is 1.40. The number of amides is 1. The third-order valence-corrected chi connectivity index (χ3v) is 7.97. The summed E-state index contributed by atoms with van der Waals surface area (Å²) < 4.78 is 5.25. The maximum absolute atomic E-state index is 11.4. The van der Waals surface area contributed by atoms with Crippen LogP contribution in [0.15, 0.2) is 42.7 Å². The number of aromatic nitrogens is 5. The first-order valence-corrected chi connectivity index (χ1v) is 13.8. The van der Waals surface area contributed by atoms with Gasteiger partial charge < -0.3 is 25.4 Å². The summed E-state index contributed by atoms with van der Waals surface area (Å²) in [7, 11) is 1.66. The molecule has 4 N–H and O–H groups in total. The van der Waals surface area contributed by atoms with Gasteiger partial charge in [0.1, 0.15) is 22.9 Å². The van der Waals surface area contributed by atoms with Crippen LogP contribution in [0, 0.1) is 12.3 Å². The summed E-state index contributed by atoms with van der Waals surface area (Å²) in [5, 5.41) is 23.2. The van der Waals surface area contributed by atoms with Gasteiger partial charge >= 0.3 is 6.09 Å². The molecule has 11 nitrogen and oxygen atoms in total. The van der Waals surface area contributed by atoms with Crippen molar-refractivity contribution in [2.45, 2.75) is 65.6 Å². The minimum atomic E-state index is -0.996. The van der Waals surface area contributed by atoms with Crippen molar-refractivity contribution < 1.29 is 14.6 Å². The Labute approximate surface area is 239 Å². The maximum Gasteiger partial charge on any atom is 0.405 e. The van der Waals surface area contributed by atoms with E-state index < -0.39 is 11.6 Å². The van der Waals surface area contributed by atoms with Crippen molar-refractivity contribution in [2.24, 2.45) is 5.41 Å². The zero-order valence-corrected chi connectivity index (χ0v) is 24.4. The van der Waals surface area contributed by atoms with Gasteiger partial charge in [0.2, 0.25) is 5.65 Å². The van der Waals surface area contributed by atoms with Crippen LogP contribution in [0.4, 0.5) is 16.4 Å². The molecule has 0 bridgehead atoms. The van der Waals surface area contributed by atoms with Crippen LogP contribution in [0.25, 0.3) is 22.4 Å². The number of carboxylic acid groups (broad SMARTS) is 1. The average molecular weight is 559 g/mol. The predicted molar refractivity (Wildman–Crippen MR) is 159 cm³/mol. The van der Waals surface area contributed by atoms with E-state index in [0.29, 0.717) is 37.1 Å². The van der Waals surface area contributed by atoms with Gasteiger partial charge in [0.05, 0.1) is 19.0 Å². The molecular formula is C30H38N8O3. The number of hydrogen-bond donors (Lipinski definition) is 4. The number of aromatic amines is 1. The van der Waals surface area contributed by atoms with Crippen LogP contribution in [0.5, 0.6) is 5.75 Å². The third-order valence-electron chi connectivity index (χ3n) is 7.97. The number of methoxy groups -OCH3 is 1. The van der Waals surface area contributed by atoms with E-state index in [9.17, 15) is 9.90 Å². The Morgan fingerprint density at radius 1 is 1.22 bits per heavy atom. The summed E-state index contributed by atoms with van der Waals surface area (Å²) in [5.41, 5.74) is 4.43. The first kappa shape index (κ1) is 28.1. The number of fused-ring (bicyclic) bond motifs is 1. The van der Waals surface area contributed by atoms with E-state index in [1.54, 1.807) is 19.5 Å². The summed E-state index contributed by atoms with van der Waals surface area (Å²) in [6.07, 6.45) is 3.91. The number of H-pyrrole nitrogens is 1. The van der Waals surface area contributed by atoms with Gasteiger partial charge in [0.15, 0.2) is 0 Å². The van der Waals surface area contributed by atoms with E-state index in [2.05, 4.69) is 51.5 Å². The van der Waals surface area contributed by atoms with Crippen LogP contribution in [0.2, 0.25) is 0 Å². The minimum Gasteiger partial charge on any atom is -0.497 e. The van der Waals surface area contributed by atoms with E-state index in [1.165, 1.54) is 0 Å². The second-order valence-corrected chi connectivity index (χ2v) is 12.1. The fourth-order valence-electron chi connectivity index (χ4n) is 5.61. The minimum absolute atomic E-state index is 0.0556. The molecule has 0 saturated carbocycles. The highest BCUT2D eigenvalue weighted by atomic mass is 16.5. The number of ether oxygens (including phenoxy) is 1. The molecule has 4 aromatic rings. The molecule has 41 heavy (non-hydrogen) atoms. The molecular weight excluding hydrogens is 520 g/mol. The SMILES string of the molecule is COc1ccc(CNc2nccc(-c3[nH]nc4nc(N5CCC(C)(NC(=O)O)CC5C(C)(C)C)cnc34)c2C)cc1. The molecule has 0 aliphatic carbocycles. The average Bonchev–Trinajstić information content (AvgIpc) is 3.35. The maximum atomic E-state index is 11.4. The number of pyridine rings is 1. The summed E-state index contributed by atoms with van der Waals surface area (Å²) in [5.74, 6) is 2.34. The summed E-state index contributed by atoms with van der Waals surface area (Å²) >= 11 is 0. The number of piperidine rings is 1. The van der Waals surface area contributed by atoms with E-state index in [4.69, 9.17) is 14.7 Å². The normalized spacial score (nSPS) is 19.3. The first-order chi connectivity index (χ1) is 19.5. The van der Waals surface area contributed by atoms with Crippen LogP contribution < -0.4 is 20.3 Å². The van der Waals surface area contributed by atoms with Gasteiger partial charge in [-0.25, -0.2) is 19.7 Å². The lowest BCUT2D eigenvalue weighted by Crippen LogP contribution is -2.60. The molecule has 4 heterocycles. The second kappa shape index (κ2) is 10.9. The Bertz CT molecular complexity index is 1550. The van der Waals surface area contributed by atoms with Gasteiger partial charge in [-0.2, -0.15) is 5.10 Å². The standard InChI is InChI=1S/C30H38N8O3/c1-18-21(11-13-31-26(18)33-16-19-7-9-20(41-6)10-8-19)24-25-27(37-36-24)34-23(17-32-25)38-14-12-30(5,35-28(39)40)15-22(38)29(2,3)4/h7-11,13,17,22,35H,12,14-16H2,1-6H3,(H,31,33)(H,39,40)(H,34,36,37). The zero-order valence-electron chi connectivity index (χ0n) is 24.4. The van der Waals surface area contributed by atoms with Crippen LogP contribution in [0.3, 0.4) is 0 Å². The van der Waals surface area contributed by atoms with Crippen molar-refractivity contribution in [3.05, 3.63) is 53.9 Å². The molecule has 0 spiro atoms. The lowest BCUT2D eigenvalue weighted by molar-refractivity contribution is 0.148. The summed E-state index contributed by atoms with van der Waals surface area (Å²) in [4.78, 5) is 28.0. The fraction of sp³-hybridized carbons (Fsp3) is 0.433. The van der Waals surface area contributed by atoms with Crippen molar-refractivity contribution in [1.82, 2.24) is 30.5 Å². The molecule has 5 rings (SSSR count). The third kappa shape index (κ3) is 5.89. The summed E-state index contributed by atoms with van der Waals surface area (Å²) in [6.45, 7) is 11.8. The molecule has 11 heteroatoms. The molecule has 1 aliphatic heterocycles. The topological polar surface area (TPSA) is 141 Å². The summed E-state index contributed by atoms with van der Waals surface area (Å²) in [6, 6.07) is 9.94. The highest BCUT2D eigenvalue weighted by molar-refractivity contribution is 5.89. The number of rotatable bonds is 7. The lowest BCUT2D eigenvalue weighted by atomic mass is 9.74. The van der Waals surface area contributed by atoms with Gasteiger partial charge in [-0.1, -0.05) is 32.9 Å². The number of benzene rings is 1. The van der Waals surface area contributed by atoms with Gasteiger partial charge in [0.25, 0.3) is 0 Å². The quantitative estimate of drug-likeness (QED) is 0.235. The van der Waals surface area contributed by atoms with Crippen molar-refractivity contribution >= 4 is 28.9 Å². The van der Waals surface area contributed by atoms with Crippen molar-refractivity contribution in [1.29, 1.82) is 0 Å². The van der Waals surface area contributed by atoms with E-state index in [1.807, 2.05) is 44.2 Å². The fourth-order valence-corrected chi connectivity index (χ4v) is 5.61. The monoisotopic (exact) mass is 558 g/mol. The molecule has 216 valence electrons. The molecule has 1 saturated heterocycles. The molecule has 3 aromatic heterocycles. The number of nitrogens with one attached hydrogen (secondary N) is 3. The Morgan fingerprint density at radius 2 is 1.98 bits per heavy atom. The molecule has 1 aliphatic rings. The largest absolute Gasteiger partial charge is 0.497 e. The molecule has 2 unspecified atom stereocenters. The second-order valence-electron chi connectivity index (χ2n) is 12.1. The Kier molecular flexibility index (Phi) is 7.46.